The molecule has 0 bridgehead atoms. The van der Waals surface area contributed by atoms with E-state index in [0.29, 0.717) is 12.5 Å². The molecular weight excluding hydrogens is 259 g/mol. The molecule has 3 N–H and O–H groups in total. The molecule has 1 amide bonds. The van der Waals surface area contributed by atoms with Crippen molar-refractivity contribution in [3.05, 3.63) is 34.9 Å². The second-order valence-electron chi connectivity index (χ2n) is 5.01. The van der Waals surface area contributed by atoms with Gasteiger partial charge in [0.05, 0.1) is 0 Å². The Morgan fingerprint density at radius 1 is 1.37 bits per heavy atom. The van der Waals surface area contributed by atoms with Gasteiger partial charge < -0.3 is 10.8 Å². The fraction of sp³-hybridized carbons (Fsp3) is 0.462. The minimum absolute atomic E-state index is 0.0616. The molecule has 1 aromatic carbocycles. The summed E-state index contributed by atoms with van der Waals surface area (Å²) in [7, 11) is 0. The molecule has 0 spiro atoms. The fourth-order valence-electron chi connectivity index (χ4n) is 1.99. The lowest BCUT2D eigenvalue weighted by atomic mass is 9.90. The maximum Gasteiger partial charge on any atom is 0.421 e. The normalized spacial score (nSPS) is 19.0. The van der Waals surface area contributed by atoms with Crippen LogP contribution in [0, 0.1) is 0 Å². The molecule has 104 valence electrons. The van der Waals surface area contributed by atoms with Crippen LogP contribution in [0.15, 0.2) is 18.2 Å². The molecule has 1 fully saturated rings. The molecule has 0 aromatic heterocycles. The molecule has 2 rings (SSSR count). The predicted molar refractivity (Wildman–Crippen MR) is 62.6 cm³/mol. The summed E-state index contributed by atoms with van der Waals surface area (Å²) in [6, 6.07) is 3.59. The molecule has 6 heteroatoms. The Labute approximate surface area is 108 Å². The number of benzene rings is 1. The highest BCUT2D eigenvalue weighted by Crippen LogP contribution is 2.45. The van der Waals surface area contributed by atoms with Gasteiger partial charge in [-0.05, 0) is 42.9 Å². The highest BCUT2D eigenvalue weighted by molar-refractivity contribution is 5.94. The Morgan fingerprint density at radius 2 is 1.95 bits per heavy atom. The Hall–Kier alpha value is -1.56. The number of carbonyl (C=O) groups excluding carboxylic acids is 1. The first-order valence-corrected chi connectivity index (χ1v) is 5.88. The average Bonchev–Trinajstić information content (AvgIpc) is 3.10. The summed E-state index contributed by atoms with van der Waals surface area (Å²) in [5.74, 6) is -0.605. The number of halogens is 3. The van der Waals surface area contributed by atoms with Crippen molar-refractivity contribution in [2.75, 3.05) is 0 Å². The van der Waals surface area contributed by atoms with Gasteiger partial charge in [-0.15, -0.1) is 0 Å². The Balaban J connectivity index is 2.50. The van der Waals surface area contributed by atoms with E-state index in [1.807, 2.05) is 0 Å². The van der Waals surface area contributed by atoms with Crippen LogP contribution in [-0.4, -0.2) is 17.2 Å². The SMILES string of the molecule is CC(O)(c1ccc(C(N)=O)c(C2CC2)c1)C(F)(F)F. The maximum atomic E-state index is 12.8. The second-order valence-corrected chi connectivity index (χ2v) is 5.01. The van der Waals surface area contributed by atoms with Gasteiger partial charge in [0.25, 0.3) is 0 Å². The van der Waals surface area contributed by atoms with Gasteiger partial charge in [0.1, 0.15) is 0 Å². The molecule has 1 aromatic rings. The molecule has 0 aliphatic heterocycles. The molecule has 19 heavy (non-hydrogen) atoms. The Bertz CT molecular complexity index is 519. The first kappa shape index (κ1) is 13.9. The molecule has 1 aliphatic carbocycles. The van der Waals surface area contributed by atoms with Crippen molar-refractivity contribution in [1.82, 2.24) is 0 Å². The van der Waals surface area contributed by atoms with Crippen LogP contribution < -0.4 is 5.73 Å². The topological polar surface area (TPSA) is 63.3 Å². The lowest BCUT2D eigenvalue weighted by Gasteiger charge is -2.27. The van der Waals surface area contributed by atoms with Gasteiger partial charge >= 0.3 is 6.18 Å². The molecule has 1 unspecified atom stereocenters. The molecule has 0 heterocycles. The van der Waals surface area contributed by atoms with Gasteiger partial charge in [0, 0.05) is 5.56 Å². The van der Waals surface area contributed by atoms with E-state index >= 15 is 0 Å². The quantitative estimate of drug-likeness (QED) is 0.888. The Morgan fingerprint density at radius 3 is 2.37 bits per heavy atom. The lowest BCUT2D eigenvalue weighted by Crippen LogP contribution is -2.39. The highest BCUT2D eigenvalue weighted by Gasteiger charge is 2.51. The van der Waals surface area contributed by atoms with Crippen molar-refractivity contribution in [3.8, 4) is 0 Å². The minimum atomic E-state index is -4.78. The minimum Gasteiger partial charge on any atom is -0.376 e. The highest BCUT2D eigenvalue weighted by atomic mass is 19.4. The largest absolute Gasteiger partial charge is 0.421 e. The van der Waals surface area contributed by atoms with E-state index in [1.165, 1.54) is 12.1 Å². The average molecular weight is 273 g/mol. The molecule has 0 saturated heterocycles. The first-order chi connectivity index (χ1) is 8.64. The van der Waals surface area contributed by atoms with Gasteiger partial charge in [-0.3, -0.25) is 4.79 Å². The fourth-order valence-corrected chi connectivity index (χ4v) is 1.99. The van der Waals surface area contributed by atoms with E-state index in [-0.39, 0.29) is 17.0 Å². The standard InChI is InChI=1S/C13H14F3NO2/c1-12(19,13(14,15)16)8-4-5-9(11(17)18)10(6-8)7-2-3-7/h4-7,19H,2-3H2,1H3,(H2,17,18). The van der Waals surface area contributed by atoms with Crippen LogP contribution in [0.5, 0.6) is 0 Å². The third-order valence-corrected chi connectivity index (χ3v) is 3.45. The summed E-state index contributed by atoms with van der Waals surface area (Å²) in [6.45, 7) is 0.697. The number of primary amides is 1. The number of hydrogen-bond acceptors (Lipinski definition) is 2. The van der Waals surface area contributed by atoms with E-state index in [1.54, 1.807) is 0 Å². The van der Waals surface area contributed by atoms with Gasteiger partial charge in [-0.25, -0.2) is 0 Å². The van der Waals surface area contributed by atoms with E-state index in [4.69, 9.17) is 5.73 Å². The van der Waals surface area contributed by atoms with E-state index in [0.717, 1.165) is 18.9 Å². The molecule has 3 nitrogen and oxygen atoms in total. The van der Waals surface area contributed by atoms with Crippen LogP contribution in [-0.2, 0) is 5.60 Å². The van der Waals surface area contributed by atoms with E-state index in [2.05, 4.69) is 0 Å². The van der Waals surface area contributed by atoms with Crippen molar-refractivity contribution >= 4 is 5.91 Å². The molecule has 1 saturated carbocycles. The molecule has 0 radical (unpaired) electrons. The predicted octanol–water partition coefficient (Wildman–Crippen LogP) is 2.43. The molecular formula is C13H14F3NO2. The summed E-state index contributed by atoms with van der Waals surface area (Å²) in [5, 5.41) is 9.64. The summed E-state index contributed by atoms with van der Waals surface area (Å²) in [5.41, 5.74) is 2.71. The van der Waals surface area contributed by atoms with Crippen molar-refractivity contribution in [3.63, 3.8) is 0 Å². The van der Waals surface area contributed by atoms with Crippen LogP contribution in [0.3, 0.4) is 0 Å². The van der Waals surface area contributed by atoms with Crippen LogP contribution in [0.25, 0.3) is 0 Å². The van der Waals surface area contributed by atoms with Crippen molar-refractivity contribution in [1.29, 1.82) is 0 Å². The maximum absolute atomic E-state index is 12.8. The zero-order chi connectivity index (χ0) is 14.4. The van der Waals surface area contributed by atoms with Crippen molar-refractivity contribution in [2.24, 2.45) is 5.73 Å². The van der Waals surface area contributed by atoms with Gasteiger partial charge in [0.15, 0.2) is 5.60 Å². The number of aliphatic hydroxyl groups is 1. The van der Waals surface area contributed by atoms with E-state index < -0.39 is 17.7 Å². The zero-order valence-corrected chi connectivity index (χ0v) is 10.3. The summed E-state index contributed by atoms with van der Waals surface area (Å²) in [4.78, 5) is 11.2. The van der Waals surface area contributed by atoms with E-state index in [9.17, 15) is 23.1 Å². The van der Waals surface area contributed by atoms with Gasteiger partial charge in [0.2, 0.25) is 5.91 Å². The number of hydrogen-bond donors (Lipinski definition) is 2. The number of nitrogens with two attached hydrogens (primary N) is 1. The van der Waals surface area contributed by atoms with Crippen LogP contribution in [0.2, 0.25) is 0 Å². The number of carbonyl (C=O) groups is 1. The smallest absolute Gasteiger partial charge is 0.376 e. The van der Waals surface area contributed by atoms with Crippen molar-refractivity contribution < 1.29 is 23.1 Å². The first-order valence-electron chi connectivity index (χ1n) is 5.88. The Kier molecular flexibility index (Phi) is 3.09. The summed E-state index contributed by atoms with van der Waals surface area (Å²) in [6.07, 6.45) is -3.14. The summed E-state index contributed by atoms with van der Waals surface area (Å²) < 4.78 is 38.4. The second kappa shape index (κ2) is 4.23. The molecule has 1 atom stereocenters. The van der Waals surface area contributed by atoms with Gasteiger partial charge in [-0.1, -0.05) is 12.1 Å². The van der Waals surface area contributed by atoms with Crippen LogP contribution in [0.4, 0.5) is 13.2 Å². The third kappa shape index (κ3) is 2.45. The van der Waals surface area contributed by atoms with Crippen molar-refractivity contribution in [2.45, 2.75) is 37.5 Å². The third-order valence-electron chi connectivity index (χ3n) is 3.45. The monoisotopic (exact) mass is 273 g/mol. The number of amides is 1. The molecule has 1 aliphatic rings. The van der Waals surface area contributed by atoms with Crippen LogP contribution in [0.1, 0.15) is 47.2 Å². The number of alkyl halides is 3. The summed E-state index contributed by atoms with van der Waals surface area (Å²) >= 11 is 0. The van der Waals surface area contributed by atoms with Crippen LogP contribution >= 0.6 is 0 Å². The lowest BCUT2D eigenvalue weighted by molar-refractivity contribution is -0.258. The zero-order valence-electron chi connectivity index (χ0n) is 10.3. The number of rotatable bonds is 3. The van der Waals surface area contributed by atoms with Gasteiger partial charge in [-0.2, -0.15) is 13.2 Å².